The summed E-state index contributed by atoms with van der Waals surface area (Å²) in [6.07, 6.45) is 5.72. The van der Waals surface area contributed by atoms with E-state index >= 15 is 0 Å². The molecule has 0 aromatic rings. The maximum atomic E-state index is 9.54. The van der Waals surface area contributed by atoms with Crippen molar-refractivity contribution in [2.24, 2.45) is 5.11 Å². The molecule has 1 saturated carbocycles. The summed E-state index contributed by atoms with van der Waals surface area (Å²) in [6, 6.07) is -0.185. The molecule has 1 fully saturated rings. The molecule has 4 heteroatoms. The van der Waals surface area contributed by atoms with E-state index in [-0.39, 0.29) is 6.04 Å². The molecular formula is C8H15N3O. The third-order valence-corrected chi connectivity index (χ3v) is 2.39. The van der Waals surface area contributed by atoms with Crippen LogP contribution in [0.5, 0.6) is 0 Å². The van der Waals surface area contributed by atoms with Gasteiger partial charge in [0.2, 0.25) is 0 Å². The van der Waals surface area contributed by atoms with E-state index in [9.17, 15) is 5.11 Å². The van der Waals surface area contributed by atoms with Crippen molar-refractivity contribution >= 4 is 0 Å². The maximum Gasteiger partial charge on any atom is 0.0633 e. The van der Waals surface area contributed by atoms with Crippen molar-refractivity contribution in [3.8, 4) is 0 Å². The minimum absolute atomic E-state index is 0.185. The smallest absolute Gasteiger partial charge is 0.0633 e. The molecule has 0 saturated heterocycles. The van der Waals surface area contributed by atoms with Crippen LogP contribution < -0.4 is 0 Å². The predicted octanol–water partition coefficient (Wildman–Crippen LogP) is 2.38. The van der Waals surface area contributed by atoms with Gasteiger partial charge in [-0.2, -0.15) is 0 Å². The maximum absolute atomic E-state index is 9.54. The molecule has 1 aliphatic rings. The lowest BCUT2D eigenvalue weighted by Gasteiger charge is -2.20. The normalized spacial score (nSPS) is 31.4. The predicted molar refractivity (Wildman–Crippen MR) is 46.6 cm³/mol. The van der Waals surface area contributed by atoms with Gasteiger partial charge in [-0.05, 0) is 18.4 Å². The zero-order valence-electron chi connectivity index (χ0n) is 7.19. The number of hydrogen-bond acceptors (Lipinski definition) is 2. The highest BCUT2D eigenvalue weighted by Gasteiger charge is 2.18. The van der Waals surface area contributed by atoms with Gasteiger partial charge in [-0.15, -0.1) is 0 Å². The molecule has 0 unspecified atom stereocenters. The summed E-state index contributed by atoms with van der Waals surface area (Å²) in [4.78, 5) is 2.75. The van der Waals surface area contributed by atoms with Crippen molar-refractivity contribution in [2.45, 2.75) is 50.7 Å². The van der Waals surface area contributed by atoms with Gasteiger partial charge >= 0.3 is 0 Å². The molecule has 4 nitrogen and oxygen atoms in total. The Balaban J connectivity index is 2.48. The van der Waals surface area contributed by atoms with E-state index in [2.05, 4.69) is 10.0 Å². The highest BCUT2D eigenvalue weighted by atomic mass is 16.3. The van der Waals surface area contributed by atoms with E-state index in [0.29, 0.717) is 0 Å². The molecule has 12 heavy (non-hydrogen) atoms. The number of nitrogens with zero attached hydrogens (tertiary/aromatic N) is 3. The van der Waals surface area contributed by atoms with Crippen LogP contribution in [0.1, 0.15) is 38.5 Å². The average molecular weight is 169 g/mol. The Morgan fingerprint density at radius 1 is 1.17 bits per heavy atom. The van der Waals surface area contributed by atoms with Crippen LogP contribution >= 0.6 is 0 Å². The van der Waals surface area contributed by atoms with E-state index in [1.54, 1.807) is 0 Å². The highest BCUT2D eigenvalue weighted by molar-refractivity contribution is 4.77. The number of rotatable bonds is 1. The van der Waals surface area contributed by atoms with Crippen molar-refractivity contribution in [3.05, 3.63) is 10.4 Å². The average Bonchev–Trinajstić information content (AvgIpc) is 2.05. The van der Waals surface area contributed by atoms with Crippen molar-refractivity contribution in [1.29, 1.82) is 0 Å². The molecule has 0 spiro atoms. The van der Waals surface area contributed by atoms with Crippen molar-refractivity contribution < 1.29 is 5.11 Å². The van der Waals surface area contributed by atoms with Crippen molar-refractivity contribution in [2.75, 3.05) is 0 Å². The Hall–Kier alpha value is -0.730. The van der Waals surface area contributed by atoms with Crippen LogP contribution in [-0.2, 0) is 0 Å². The summed E-state index contributed by atoms with van der Waals surface area (Å²) in [5.41, 5.74) is 8.25. The summed E-state index contributed by atoms with van der Waals surface area (Å²) < 4.78 is 0. The summed E-state index contributed by atoms with van der Waals surface area (Å²) in [5, 5.41) is 13.1. The fourth-order valence-corrected chi connectivity index (χ4v) is 1.65. The highest BCUT2D eigenvalue weighted by Crippen LogP contribution is 2.19. The first-order valence-corrected chi connectivity index (χ1v) is 4.57. The molecule has 0 amide bonds. The zero-order valence-corrected chi connectivity index (χ0v) is 7.19. The quantitative estimate of drug-likeness (QED) is 0.365. The molecule has 1 rings (SSSR count). The Morgan fingerprint density at radius 3 is 2.50 bits per heavy atom. The van der Waals surface area contributed by atoms with Crippen LogP contribution in [0, 0.1) is 0 Å². The Morgan fingerprint density at radius 2 is 1.83 bits per heavy atom. The molecule has 0 aliphatic heterocycles. The summed E-state index contributed by atoms with van der Waals surface area (Å²) in [5.74, 6) is 0. The van der Waals surface area contributed by atoms with Gasteiger partial charge in [0.05, 0.1) is 12.1 Å². The van der Waals surface area contributed by atoms with Crippen LogP contribution in [0.2, 0.25) is 0 Å². The molecule has 0 aromatic carbocycles. The minimum atomic E-state index is -0.416. The third-order valence-electron chi connectivity index (χ3n) is 2.39. The molecule has 0 bridgehead atoms. The summed E-state index contributed by atoms with van der Waals surface area (Å²) in [6.45, 7) is 0. The minimum Gasteiger partial charge on any atom is -0.393 e. The fourth-order valence-electron chi connectivity index (χ4n) is 1.65. The lowest BCUT2D eigenvalue weighted by atomic mass is 9.95. The second-order valence-electron chi connectivity index (χ2n) is 3.33. The first-order chi connectivity index (χ1) is 5.84. The molecule has 1 N–H and O–H groups in total. The zero-order chi connectivity index (χ0) is 8.81. The van der Waals surface area contributed by atoms with Gasteiger partial charge in [0.25, 0.3) is 0 Å². The summed E-state index contributed by atoms with van der Waals surface area (Å²) in [7, 11) is 0. The van der Waals surface area contributed by atoms with Gasteiger partial charge in [0.15, 0.2) is 0 Å². The molecule has 0 radical (unpaired) electrons. The second kappa shape index (κ2) is 5.01. The number of hydrogen-bond donors (Lipinski definition) is 1. The standard InChI is InChI=1S/C8H15N3O/c9-11-10-7-5-3-1-2-4-6-8(7)12/h7-8,12H,1-6H2/t7-,8-/m1/s1. The molecule has 68 valence electrons. The molecule has 2 atom stereocenters. The Bertz CT molecular complexity index is 177. The summed E-state index contributed by atoms with van der Waals surface area (Å²) >= 11 is 0. The monoisotopic (exact) mass is 169 g/mol. The van der Waals surface area contributed by atoms with E-state index in [1.807, 2.05) is 0 Å². The molecule has 0 aromatic heterocycles. The first-order valence-electron chi connectivity index (χ1n) is 4.57. The van der Waals surface area contributed by atoms with Gasteiger partial charge in [-0.1, -0.05) is 30.8 Å². The van der Waals surface area contributed by atoms with Crippen molar-refractivity contribution in [3.63, 3.8) is 0 Å². The van der Waals surface area contributed by atoms with Gasteiger partial charge in [0, 0.05) is 4.91 Å². The van der Waals surface area contributed by atoms with E-state index in [0.717, 1.165) is 25.7 Å². The molecule has 1 aliphatic carbocycles. The van der Waals surface area contributed by atoms with Crippen molar-refractivity contribution in [1.82, 2.24) is 0 Å². The lowest BCUT2D eigenvalue weighted by molar-refractivity contribution is 0.121. The molecular weight excluding hydrogens is 154 g/mol. The SMILES string of the molecule is [N-]=[N+]=N[C@@H]1CCCCCC[C@H]1O. The largest absolute Gasteiger partial charge is 0.393 e. The lowest BCUT2D eigenvalue weighted by Crippen LogP contribution is -2.24. The Labute approximate surface area is 72.2 Å². The van der Waals surface area contributed by atoms with Crippen LogP contribution in [0.15, 0.2) is 5.11 Å². The van der Waals surface area contributed by atoms with Crippen LogP contribution in [0.3, 0.4) is 0 Å². The fraction of sp³-hybridized carbons (Fsp3) is 1.00. The van der Waals surface area contributed by atoms with Gasteiger partial charge < -0.3 is 5.11 Å². The topological polar surface area (TPSA) is 69.0 Å². The van der Waals surface area contributed by atoms with E-state index in [4.69, 9.17) is 5.53 Å². The number of azide groups is 1. The first kappa shape index (κ1) is 9.36. The van der Waals surface area contributed by atoms with E-state index < -0.39 is 6.10 Å². The number of aliphatic hydroxyl groups excluding tert-OH is 1. The van der Waals surface area contributed by atoms with Crippen LogP contribution in [0.25, 0.3) is 10.4 Å². The van der Waals surface area contributed by atoms with Gasteiger partial charge in [-0.25, -0.2) is 0 Å². The second-order valence-corrected chi connectivity index (χ2v) is 3.33. The van der Waals surface area contributed by atoms with Crippen LogP contribution in [0.4, 0.5) is 0 Å². The van der Waals surface area contributed by atoms with E-state index in [1.165, 1.54) is 12.8 Å². The van der Waals surface area contributed by atoms with Gasteiger partial charge in [-0.3, -0.25) is 0 Å². The van der Waals surface area contributed by atoms with Crippen LogP contribution in [-0.4, -0.2) is 17.3 Å². The van der Waals surface area contributed by atoms with Gasteiger partial charge in [0.1, 0.15) is 0 Å². The number of aliphatic hydroxyl groups is 1. The Kier molecular flexibility index (Phi) is 3.91. The third kappa shape index (κ3) is 2.72. The molecule has 0 heterocycles.